The Bertz CT molecular complexity index is 154. The summed E-state index contributed by atoms with van der Waals surface area (Å²) in [7, 11) is 0. The van der Waals surface area contributed by atoms with E-state index in [1.54, 1.807) is 0 Å². The topological polar surface area (TPSA) is 107 Å². The number of hydrogen-bond acceptors (Lipinski definition) is 6. The van der Waals surface area contributed by atoms with Crippen LogP contribution in [0.5, 0.6) is 0 Å². The van der Waals surface area contributed by atoms with E-state index in [0.29, 0.717) is 0 Å². The van der Waals surface area contributed by atoms with Crippen LogP contribution in [0, 0.1) is 0 Å². The molecule has 1 unspecified atom stereocenters. The average Bonchev–Trinajstić information content (AvgIpc) is 2.02. The maximum Gasteiger partial charge on any atom is 0.341 e. The SMILES string of the molecule is CCC(O)(O)OC(=O)C(O)CO. The zero-order chi connectivity index (χ0) is 9.78. The van der Waals surface area contributed by atoms with Crippen LogP contribution in [0.25, 0.3) is 0 Å². The van der Waals surface area contributed by atoms with Gasteiger partial charge in [0, 0.05) is 6.42 Å². The lowest BCUT2D eigenvalue weighted by Crippen LogP contribution is -2.39. The Labute approximate surface area is 69.0 Å². The fourth-order valence-electron chi connectivity index (χ4n) is 0.376. The van der Waals surface area contributed by atoms with E-state index in [9.17, 15) is 4.79 Å². The molecule has 0 aromatic rings. The third-order valence-electron chi connectivity index (χ3n) is 1.17. The first-order valence-corrected chi connectivity index (χ1v) is 3.39. The molecule has 0 rings (SSSR count). The molecular formula is C6H12O6. The zero-order valence-electron chi connectivity index (χ0n) is 6.60. The Hall–Kier alpha value is -0.690. The van der Waals surface area contributed by atoms with Crippen LogP contribution in [-0.2, 0) is 9.53 Å². The van der Waals surface area contributed by atoms with Gasteiger partial charge in [0.1, 0.15) is 0 Å². The summed E-state index contributed by atoms with van der Waals surface area (Å²) in [6, 6.07) is 0. The number of aliphatic hydroxyl groups excluding tert-OH is 2. The molecule has 0 aliphatic rings. The van der Waals surface area contributed by atoms with Crippen LogP contribution < -0.4 is 0 Å². The van der Waals surface area contributed by atoms with Crippen LogP contribution in [0.1, 0.15) is 13.3 Å². The van der Waals surface area contributed by atoms with Crippen molar-refractivity contribution in [2.24, 2.45) is 0 Å². The van der Waals surface area contributed by atoms with E-state index in [1.165, 1.54) is 6.92 Å². The summed E-state index contributed by atoms with van der Waals surface area (Å²) in [6.45, 7) is 0.553. The van der Waals surface area contributed by atoms with Crippen LogP contribution in [0.4, 0.5) is 0 Å². The monoisotopic (exact) mass is 180 g/mol. The summed E-state index contributed by atoms with van der Waals surface area (Å²) >= 11 is 0. The minimum Gasteiger partial charge on any atom is -0.406 e. The summed E-state index contributed by atoms with van der Waals surface area (Å²) < 4.78 is 4.00. The molecule has 6 heteroatoms. The number of carbonyl (C=O) groups excluding carboxylic acids is 1. The maximum atomic E-state index is 10.6. The molecule has 0 bridgehead atoms. The molecule has 4 N–H and O–H groups in total. The van der Waals surface area contributed by atoms with Gasteiger partial charge in [0.2, 0.25) is 0 Å². The van der Waals surface area contributed by atoms with E-state index in [2.05, 4.69) is 4.74 Å². The molecule has 6 nitrogen and oxygen atoms in total. The third-order valence-corrected chi connectivity index (χ3v) is 1.17. The van der Waals surface area contributed by atoms with Gasteiger partial charge in [-0.25, -0.2) is 4.79 Å². The van der Waals surface area contributed by atoms with Crippen LogP contribution in [0.2, 0.25) is 0 Å². The normalized spacial score (nSPS) is 14.1. The fraction of sp³-hybridized carbons (Fsp3) is 0.833. The van der Waals surface area contributed by atoms with E-state index in [0.717, 1.165) is 0 Å². The van der Waals surface area contributed by atoms with Gasteiger partial charge >= 0.3 is 11.9 Å². The lowest BCUT2D eigenvalue weighted by Gasteiger charge is -2.20. The highest BCUT2D eigenvalue weighted by atomic mass is 16.8. The molecule has 72 valence electrons. The summed E-state index contributed by atoms with van der Waals surface area (Å²) in [4.78, 5) is 10.6. The Morgan fingerprint density at radius 3 is 2.42 bits per heavy atom. The first kappa shape index (κ1) is 11.3. The van der Waals surface area contributed by atoms with Gasteiger partial charge < -0.3 is 25.2 Å². The van der Waals surface area contributed by atoms with Crippen molar-refractivity contribution >= 4 is 5.97 Å². The minimum absolute atomic E-state index is 0.225. The summed E-state index contributed by atoms with van der Waals surface area (Å²) in [5.41, 5.74) is 0. The summed E-state index contributed by atoms with van der Waals surface area (Å²) in [5.74, 6) is -3.85. The van der Waals surface area contributed by atoms with Gasteiger partial charge in [-0.05, 0) is 0 Å². The second-order valence-corrected chi connectivity index (χ2v) is 2.22. The number of ether oxygens (including phenoxy) is 1. The lowest BCUT2D eigenvalue weighted by molar-refractivity contribution is -0.323. The van der Waals surface area contributed by atoms with Crippen molar-refractivity contribution in [3.8, 4) is 0 Å². The van der Waals surface area contributed by atoms with E-state index < -0.39 is 24.7 Å². The summed E-state index contributed by atoms with van der Waals surface area (Å²) in [5, 5.41) is 34.4. The quantitative estimate of drug-likeness (QED) is 0.292. The van der Waals surface area contributed by atoms with Crippen molar-refractivity contribution in [2.45, 2.75) is 25.4 Å². The molecule has 0 saturated heterocycles. The molecule has 12 heavy (non-hydrogen) atoms. The van der Waals surface area contributed by atoms with Gasteiger partial charge in [-0.15, -0.1) is 0 Å². The largest absolute Gasteiger partial charge is 0.406 e. The predicted octanol–water partition coefficient (Wildman–Crippen LogP) is -2.07. The van der Waals surface area contributed by atoms with Crippen LogP contribution in [0.3, 0.4) is 0 Å². The molecule has 0 amide bonds. The molecule has 0 radical (unpaired) electrons. The standard InChI is InChI=1S/C6H12O6/c1-2-6(10,11)12-5(9)4(8)3-7/h4,7-8,10-11H,2-3H2,1H3. The molecular weight excluding hydrogens is 168 g/mol. The third kappa shape index (κ3) is 3.63. The fourth-order valence-corrected chi connectivity index (χ4v) is 0.376. The van der Waals surface area contributed by atoms with Gasteiger partial charge in [-0.1, -0.05) is 6.92 Å². The smallest absolute Gasteiger partial charge is 0.341 e. The molecule has 0 saturated carbocycles. The molecule has 0 spiro atoms. The highest BCUT2D eigenvalue weighted by Gasteiger charge is 2.29. The van der Waals surface area contributed by atoms with E-state index in [-0.39, 0.29) is 6.42 Å². The Morgan fingerprint density at radius 1 is 1.58 bits per heavy atom. The first-order chi connectivity index (χ1) is 5.43. The Kier molecular flexibility index (Phi) is 4.11. The zero-order valence-corrected chi connectivity index (χ0v) is 6.60. The van der Waals surface area contributed by atoms with E-state index >= 15 is 0 Å². The second-order valence-electron chi connectivity index (χ2n) is 2.22. The first-order valence-electron chi connectivity index (χ1n) is 3.39. The van der Waals surface area contributed by atoms with Crippen molar-refractivity contribution in [2.75, 3.05) is 6.61 Å². The van der Waals surface area contributed by atoms with Gasteiger partial charge in [-0.3, -0.25) is 0 Å². The molecule has 1 atom stereocenters. The van der Waals surface area contributed by atoms with Gasteiger partial charge in [0.05, 0.1) is 6.61 Å². The Balaban J connectivity index is 4.00. The number of aliphatic hydroxyl groups is 4. The Morgan fingerprint density at radius 2 is 2.08 bits per heavy atom. The van der Waals surface area contributed by atoms with Crippen molar-refractivity contribution in [3.63, 3.8) is 0 Å². The van der Waals surface area contributed by atoms with Crippen LogP contribution in [0.15, 0.2) is 0 Å². The van der Waals surface area contributed by atoms with Gasteiger partial charge in [0.25, 0.3) is 0 Å². The molecule has 0 aromatic carbocycles. The minimum atomic E-state index is -2.58. The number of esters is 1. The van der Waals surface area contributed by atoms with Crippen molar-refractivity contribution in [1.82, 2.24) is 0 Å². The highest BCUT2D eigenvalue weighted by molar-refractivity contribution is 5.74. The molecule has 0 aliphatic carbocycles. The molecule has 0 aromatic heterocycles. The van der Waals surface area contributed by atoms with Gasteiger partial charge in [-0.2, -0.15) is 0 Å². The van der Waals surface area contributed by atoms with Crippen molar-refractivity contribution in [1.29, 1.82) is 0 Å². The lowest BCUT2D eigenvalue weighted by atomic mass is 10.3. The highest BCUT2D eigenvalue weighted by Crippen LogP contribution is 2.07. The second kappa shape index (κ2) is 4.36. The number of carbonyl (C=O) groups is 1. The van der Waals surface area contributed by atoms with Crippen LogP contribution in [-0.4, -0.2) is 45.1 Å². The van der Waals surface area contributed by atoms with Crippen molar-refractivity contribution in [3.05, 3.63) is 0 Å². The number of hydrogen-bond donors (Lipinski definition) is 4. The van der Waals surface area contributed by atoms with Crippen LogP contribution >= 0.6 is 0 Å². The number of rotatable bonds is 4. The average molecular weight is 180 g/mol. The van der Waals surface area contributed by atoms with Gasteiger partial charge in [0.15, 0.2) is 6.10 Å². The summed E-state index contributed by atoms with van der Waals surface area (Å²) in [6.07, 6.45) is -1.97. The van der Waals surface area contributed by atoms with E-state index in [4.69, 9.17) is 20.4 Å². The molecule has 0 aliphatic heterocycles. The van der Waals surface area contributed by atoms with Crippen molar-refractivity contribution < 1.29 is 30.0 Å². The van der Waals surface area contributed by atoms with E-state index in [1.807, 2.05) is 0 Å². The predicted molar refractivity (Wildman–Crippen MR) is 36.6 cm³/mol. The molecule has 0 fully saturated rings. The molecule has 0 heterocycles. The maximum absolute atomic E-state index is 10.6.